The van der Waals surface area contributed by atoms with Crippen LogP contribution in [0, 0.1) is 0 Å². The van der Waals surface area contributed by atoms with Crippen molar-refractivity contribution in [3.05, 3.63) is 103 Å². The van der Waals surface area contributed by atoms with Crippen molar-refractivity contribution in [2.75, 3.05) is 4.90 Å². The standard InChI is InChI=1S/C24H20N4O2S/c29-17-12-10-16(11-13-17)27-15-5-8-20(27)23-22(18-6-3-4-14-25-18)26-24(31)28(23)19-7-1-2-9-21(19)30/h1-15,22-23,29-30H,(H,26,31)/t22-,23-/m1/s1. The molecule has 31 heavy (non-hydrogen) atoms. The summed E-state index contributed by atoms with van der Waals surface area (Å²) in [5.41, 5.74) is 3.36. The molecule has 1 aliphatic heterocycles. The summed E-state index contributed by atoms with van der Waals surface area (Å²) in [7, 11) is 0. The minimum Gasteiger partial charge on any atom is -0.508 e. The number of hydrogen-bond acceptors (Lipinski definition) is 4. The summed E-state index contributed by atoms with van der Waals surface area (Å²) in [6.07, 6.45) is 3.74. The van der Waals surface area contributed by atoms with E-state index in [1.807, 2.05) is 65.7 Å². The molecule has 0 radical (unpaired) electrons. The molecule has 5 rings (SSSR count). The van der Waals surface area contributed by atoms with Crippen LogP contribution in [0.5, 0.6) is 11.5 Å². The van der Waals surface area contributed by atoms with Crippen LogP contribution in [0.1, 0.15) is 23.5 Å². The third kappa shape index (κ3) is 3.39. The van der Waals surface area contributed by atoms with Crippen LogP contribution in [0.25, 0.3) is 5.69 Å². The predicted molar refractivity (Wildman–Crippen MR) is 123 cm³/mol. The Morgan fingerprint density at radius 3 is 2.39 bits per heavy atom. The zero-order valence-electron chi connectivity index (χ0n) is 16.5. The first kappa shape index (κ1) is 19.1. The second-order valence-electron chi connectivity index (χ2n) is 7.30. The highest BCUT2D eigenvalue weighted by molar-refractivity contribution is 7.80. The zero-order valence-corrected chi connectivity index (χ0v) is 17.3. The highest BCUT2D eigenvalue weighted by atomic mass is 32.1. The molecule has 3 N–H and O–H groups in total. The number of aromatic nitrogens is 2. The molecule has 1 fully saturated rings. The van der Waals surface area contributed by atoms with Gasteiger partial charge < -0.3 is 25.0 Å². The summed E-state index contributed by atoms with van der Waals surface area (Å²) >= 11 is 5.72. The molecule has 6 nitrogen and oxygen atoms in total. The average molecular weight is 429 g/mol. The van der Waals surface area contributed by atoms with Crippen molar-refractivity contribution in [1.29, 1.82) is 0 Å². The number of thiocarbonyl (C=S) groups is 1. The zero-order chi connectivity index (χ0) is 21.4. The first-order valence-electron chi connectivity index (χ1n) is 9.89. The van der Waals surface area contributed by atoms with E-state index in [0.29, 0.717) is 10.8 Å². The number of benzene rings is 2. The van der Waals surface area contributed by atoms with E-state index in [4.69, 9.17) is 12.2 Å². The molecule has 0 amide bonds. The van der Waals surface area contributed by atoms with E-state index >= 15 is 0 Å². The second kappa shape index (κ2) is 7.77. The molecule has 1 aliphatic rings. The number of phenolic OH excluding ortho intramolecular Hbond substituents is 2. The summed E-state index contributed by atoms with van der Waals surface area (Å²) in [6, 6.07) is 23.5. The van der Waals surface area contributed by atoms with Gasteiger partial charge in [-0.15, -0.1) is 0 Å². The van der Waals surface area contributed by atoms with E-state index in [-0.39, 0.29) is 23.6 Å². The predicted octanol–water partition coefficient (Wildman–Crippen LogP) is 4.46. The fourth-order valence-electron chi connectivity index (χ4n) is 4.07. The largest absolute Gasteiger partial charge is 0.508 e. The van der Waals surface area contributed by atoms with Crippen LogP contribution >= 0.6 is 12.2 Å². The number of anilines is 1. The summed E-state index contributed by atoms with van der Waals surface area (Å²) in [6.45, 7) is 0. The summed E-state index contributed by atoms with van der Waals surface area (Å²) in [4.78, 5) is 6.51. The Balaban J connectivity index is 1.68. The van der Waals surface area contributed by atoms with Crippen molar-refractivity contribution in [2.45, 2.75) is 12.1 Å². The quantitative estimate of drug-likeness (QED) is 0.417. The Kier molecular flexibility index (Phi) is 4.80. The summed E-state index contributed by atoms with van der Waals surface area (Å²) in [5, 5.41) is 24.2. The average Bonchev–Trinajstić information content (AvgIpc) is 3.40. The Bertz CT molecular complexity index is 1220. The molecule has 2 aromatic carbocycles. The van der Waals surface area contributed by atoms with Gasteiger partial charge in [0, 0.05) is 23.8 Å². The number of hydrogen-bond donors (Lipinski definition) is 3. The molecule has 0 unspecified atom stereocenters. The van der Waals surface area contributed by atoms with Gasteiger partial charge in [-0.05, 0) is 72.9 Å². The number of aromatic hydroxyl groups is 2. The molecular formula is C24H20N4O2S. The molecule has 3 heterocycles. The molecule has 4 aromatic rings. The van der Waals surface area contributed by atoms with E-state index in [0.717, 1.165) is 17.1 Å². The fourth-order valence-corrected chi connectivity index (χ4v) is 4.41. The van der Waals surface area contributed by atoms with Gasteiger partial charge in [0.15, 0.2) is 5.11 Å². The van der Waals surface area contributed by atoms with Gasteiger partial charge in [-0.2, -0.15) is 0 Å². The molecule has 2 aromatic heterocycles. The molecule has 154 valence electrons. The van der Waals surface area contributed by atoms with Gasteiger partial charge in [0.05, 0.1) is 17.4 Å². The monoisotopic (exact) mass is 428 g/mol. The second-order valence-corrected chi connectivity index (χ2v) is 7.69. The Morgan fingerprint density at radius 2 is 1.65 bits per heavy atom. The van der Waals surface area contributed by atoms with Gasteiger partial charge in [-0.1, -0.05) is 18.2 Å². The normalized spacial score (nSPS) is 18.2. The Labute approximate surface area is 185 Å². The van der Waals surface area contributed by atoms with Gasteiger partial charge in [-0.25, -0.2) is 0 Å². The molecule has 0 saturated carbocycles. The Hall–Kier alpha value is -3.84. The van der Waals surface area contributed by atoms with Crippen molar-refractivity contribution in [3.8, 4) is 17.2 Å². The minimum absolute atomic E-state index is 0.154. The van der Waals surface area contributed by atoms with Crippen LogP contribution in [0.4, 0.5) is 5.69 Å². The van der Waals surface area contributed by atoms with Crippen molar-refractivity contribution in [1.82, 2.24) is 14.9 Å². The van der Waals surface area contributed by atoms with Crippen molar-refractivity contribution in [3.63, 3.8) is 0 Å². The lowest BCUT2D eigenvalue weighted by atomic mass is 10.0. The smallest absolute Gasteiger partial charge is 0.174 e. The number of phenols is 2. The van der Waals surface area contributed by atoms with Crippen LogP contribution in [-0.4, -0.2) is 24.9 Å². The fraction of sp³-hybridized carbons (Fsp3) is 0.0833. The molecule has 0 bridgehead atoms. The topological polar surface area (TPSA) is 73.5 Å². The maximum Gasteiger partial charge on any atom is 0.174 e. The SMILES string of the molecule is Oc1ccc(-n2cccc2[C@@H]2[C@@H](c3ccccn3)NC(=S)N2c2ccccc2O)cc1. The van der Waals surface area contributed by atoms with Crippen LogP contribution in [0.2, 0.25) is 0 Å². The van der Waals surface area contributed by atoms with Crippen LogP contribution < -0.4 is 10.2 Å². The number of para-hydroxylation sites is 2. The number of rotatable bonds is 4. The van der Waals surface area contributed by atoms with Gasteiger partial charge in [0.25, 0.3) is 0 Å². The van der Waals surface area contributed by atoms with Gasteiger partial charge in [-0.3, -0.25) is 4.98 Å². The third-order valence-electron chi connectivity index (χ3n) is 5.45. The molecule has 0 spiro atoms. The minimum atomic E-state index is -0.264. The molecule has 2 atom stereocenters. The van der Waals surface area contributed by atoms with Crippen molar-refractivity contribution >= 4 is 23.0 Å². The van der Waals surface area contributed by atoms with E-state index in [9.17, 15) is 10.2 Å². The number of pyridine rings is 1. The molecule has 7 heteroatoms. The van der Waals surface area contributed by atoms with Gasteiger partial charge in [0.1, 0.15) is 17.5 Å². The highest BCUT2D eigenvalue weighted by Gasteiger charge is 2.42. The van der Waals surface area contributed by atoms with Gasteiger partial charge in [0.2, 0.25) is 0 Å². The maximum absolute atomic E-state index is 10.6. The first-order valence-corrected chi connectivity index (χ1v) is 10.3. The summed E-state index contributed by atoms with van der Waals surface area (Å²) < 4.78 is 2.06. The van der Waals surface area contributed by atoms with E-state index < -0.39 is 0 Å². The molecule has 1 saturated heterocycles. The maximum atomic E-state index is 10.6. The van der Waals surface area contributed by atoms with E-state index in [1.54, 1.807) is 30.5 Å². The lowest BCUT2D eigenvalue weighted by Crippen LogP contribution is -2.30. The first-order chi connectivity index (χ1) is 15.1. The highest BCUT2D eigenvalue weighted by Crippen LogP contribution is 2.44. The van der Waals surface area contributed by atoms with Crippen LogP contribution in [0.3, 0.4) is 0 Å². The molecule has 0 aliphatic carbocycles. The van der Waals surface area contributed by atoms with Crippen LogP contribution in [0.15, 0.2) is 91.3 Å². The van der Waals surface area contributed by atoms with Crippen LogP contribution in [-0.2, 0) is 0 Å². The number of nitrogens with zero attached hydrogens (tertiary/aromatic N) is 3. The van der Waals surface area contributed by atoms with E-state index in [1.165, 1.54) is 0 Å². The summed E-state index contributed by atoms with van der Waals surface area (Å²) in [5.74, 6) is 0.365. The molecular weight excluding hydrogens is 408 g/mol. The Morgan fingerprint density at radius 1 is 0.871 bits per heavy atom. The van der Waals surface area contributed by atoms with Crippen molar-refractivity contribution < 1.29 is 10.2 Å². The number of nitrogens with one attached hydrogen (secondary N) is 1. The lowest BCUT2D eigenvalue weighted by molar-refractivity contribution is 0.471. The lowest BCUT2D eigenvalue weighted by Gasteiger charge is -2.29. The van der Waals surface area contributed by atoms with Crippen molar-refractivity contribution in [2.24, 2.45) is 0 Å². The van der Waals surface area contributed by atoms with E-state index in [2.05, 4.69) is 14.9 Å². The van der Waals surface area contributed by atoms with Gasteiger partial charge >= 0.3 is 0 Å². The third-order valence-corrected chi connectivity index (χ3v) is 5.77.